The quantitative estimate of drug-likeness (QED) is 0.418. The molecule has 0 aliphatic carbocycles. The van der Waals surface area contributed by atoms with Crippen LogP contribution in [0.25, 0.3) is 22.6 Å². The topological polar surface area (TPSA) is 98.6 Å². The smallest absolute Gasteiger partial charge is 0.309 e. The molecule has 2 aromatic carbocycles. The Morgan fingerprint density at radius 3 is 2.13 bits per heavy atom. The van der Waals surface area contributed by atoms with Gasteiger partial charge < -0.3 is 18.9 Å². The highest BCUT2D eigenvalue weighted by molar-refractivity contribution is 5.74. The standard InChI is InChI=1S/C24H22N2O5/c1-24(2,23(27)28)14-18-12-21(30-25-18)17-8-10-20(11-9-17)29-15-19-13-22(31-26-19)16-6-4-3-5-7-16/h3-13H,14-15H2,1-2H3,(H,27,28). The van der Waals surface area contributed by atoms with Crippen LogP contribution in [0.4, 0.5) is 0 Å². The van der Waals surface area contributed by atoms with Crippen molar-refractivity contribution < 1.29 is 23.7 Å². The molecule has 0 aliphatic rings. The monoisotopic (exact) mass is 418 g/mol. The average molecular weight is 418 g/mol. The summed E-state index contributed by atoms with van der Waals surface area (Å²) in [6, 6.07) is 20.8. The zero-order valence-electron chi connectivity index (χ0n) is 17.2. The first kappa shape index (κ1) is 20.4. The Balaban J connectivity index is 1.37. The predicted octanol–water partition coefficient (Wildman–Crippen LogP) is 5.23. The number of rotatable bonds is 8. The molecule has 0 bridgehead atoms. The van der Waals surface area contributed by atoms with Crippen LogP contribution >= 0.6 is 0 Å². The van der Waals surface area contributed by atoms with Gasteiger partial charge in [0.25, 0.3) is 0 Å². The Labute approximate surface area is 179 Å². The predicted molar refractivity (Wildman–Crippen MR) is 113 cm³/mol. The number of hydrogen-bond acceptors (Lipinski definition) is 6. The largest absolute Gasteiger partial charge is 0.487 e. The number of carbonyl (C=O) groups is 1. The number of benzene rings is 2. The molecule has 0 spiro atoms. The highest BCUT2D eigenvalue weighted by Crippen LogP contribution is 2.27. The summed E-state index contributed by atoms with van der Waals surface area (Å²) in [6.45, 7) is 3.60. The maximum atomic E-state index is 11.3. The Hall–Kier alpha value is -3.87. The highest BCUT2D eigenvalue weighted by atomic mass is 16.5. The van der Waals surface area contributed by atoms with Gasteiger partial charge in [-0.15, -0.1) is 0 Å². The van der Waals surface area contributed by atoms with Gasteiger partial charge in [-0.2, -0.15) is 0 Å². The van der Waals surface area contributed by atoms with Crippen LogP contribution in [-0.4, -0.2) is 21.4 Å². The minimum atomic E-state index is -0.909. The van der Waals surface area contributed by atoms with E-state index in [1.165, 1.54) is 0 Å². The number of hydrogen-bond donors (Lipinski definition) is 1. The minimum absolute atomic E-state index is 0.284. The summed E-state index contributed by atoms with van der Waals surface area (Å²) < 4.78 is 16.6. The van der Waals surface area contributed by atoms with Crippen LogP contribution in [0.5, 0.6) is 5.75 Å². The van der Waals surface area contributed by atoms with E-state index in [2.05, 4.69) is 10.3 Å². The van der Waals surface area contributed by atoms with Gasteiger partial charge in [0.15, 0.2) is 11.5 Å². The van der Waals surface area contributed by atoms with E-state index in [-0.39, 0.29) is 13.0 Å². The third kappa shape index (κ3) is 4.83. The van der Waals surface area contributed by atoms with Crippen LogP contribution in [0.2, 0.25) is 0 Å². The lowest BCUT2D eigenvalue weighted by atomic mass is 9.88. The van der Waals surface area contributed by atoms with Crippen molar-refractivity contribution in [3.8, 4) is 28.4 Å². The molecule has 0 atom stereocenters. The first-order valence-corrected chi connectivity index (χ1v) is 9.84. The van der Waals surface area contributed by atoms with Crippen molar-refractivity contribution in [1.29, 1.82) is 0 Å². The van der Waals surface area contributed by atoms with Gasteiger partial charge in [-0.25, -0.2) is 0 Å². The van der Waals surface area contributed by atoms with E-state index in [0.717, 1.165) is 11.1 Å². The minimum Gasteiger partial charge on any atom is -0.487 e. The SMILES string of the molecule is CC(C)(Cc1cc(-c2ccc(OCc3cc(-c4ccccc4)on3)cc2)on1)C(=O)O. The Kier molecular flexibility index (Phi) is 5.58. The maximum Gasteiger partial charge on any atom is 0.309 e. The van der Waals surface area contributed by atoms with Gasteiger partial charge in [-0.3, -0.25) is 4.79 Å². The maximum absolute atomic E-state index is 11.3. The summed E-state index contributed by atoms with van der Waals surface area (Å²) in [6.07, 6.45) is 0.287. The number of carboxylic acids is 1. The zero-order chi connectivity index (χ0) is 21.8. The molecule has 0 amide bonds. The van der Waals surface area contributed by atoms with Crippen LogP contribution in [0.1, 0.15) is 25.2 Å². The number of aliphatic carboxylic acids is 1. The van der Waals surface area contributed by atoms with E-state index >= 15 is 0 Å². The molecule has 2 heterocycles. The molecular weight excluding hydrogens is 396 g/mol. The molecular formula is C24H22N2O5. The summed E-state index contributed by atoms with van der Waals surface area (Å²) in [5.41, 5.74) is 2.18. The van der Waals surface area contributed by atoms with Crippen molar-refractivity contribution in [3.05, 3.63) is 78.1 Å². The number of ether oxygens (including phenoxy) is 1. The average Bonchev–Trinajstić information content (AvgIpc) is 3.43. The molecule has 0 saturated heterocycles. The van der Waals surface area contributed by atoms with Gasteiger partial charge in [0, 0.05) is 29.7 Å². The van der Waals surface area contributed by atoms with E-state index in [1.807, 2.05) is 60.7 Å². The lowest BCUT2D eigenvalue weighted by molar-refractivity contribution is -0.146. The molecule has 4 aromatic rings. The van der Waals surface area contributed by atoms with Crippen molar-refractivity contribution in [2.75, 3.05) is 0 Å². The summed E-state index contributed by atoms with van der Waals surface area (Å²) in [4.78, 5) is 11.3. The molecule has 0 aliphatic heterocycles. The van der Waals surface area contributed by atoms with Crippen LogP contribution < -0.4 is 4.74 Å². The summed E-state index contributed by atoms with van der Waals surface area (Å²) in [7, 11) is 0. The Morgan fingerprint density at radius 2 is 1.48 bits per heavy atom. The fraction of sp³-hybridized carbons (Fsp3) is 0.208. The lowest BCUT2D eigenvalue weighted by Crippen LogP contribution is -2.26. The molecule has 0 saturated carbocycles. The Morgan fingerprint density at radius 1 is 0.903 bits per heavy atom. The molecule has 0 radical (unpaired) electrons. The molecule has 0 unspecified atom stereocenters. The van der Waals surface area contributed by atoms with E-state index in [1.54, 1.807) is 19.9 Å². The van der Waals surface area contributed by atoms with E-state index in [4.69, 9.17) is 13.8 Å². The molecule has 7 nitrogen and oxygen atoms in total. The molecule has 4 rings (SSSR count). The number of carboxylic acid groups (broad SMARTS) is 1. The highest BCUT2D eigenvalue weighted by Gasteiger charge is 2.29. The first-order chi connectivity index (χ1) is 14.9. The van der Waals surface area contributed by atoms with Gasteiger partial charge in [0.1, 0.15) is 18.1 Å². The zero-order valence-corrected chi connectivity index (χ0v) is 17.2. The van der Waals surface area contributed by atoms with Gasteiger partial charge in [-0.05, 0) is 38.1 Å². The fourth-order valence-corrected chi connectivity index (χ4v) is 3.05. The third-order valence-corrected chi connectivity index (χ3v) is 4.90. The van der Waals surface area contributed by atoms with E-state index in [0.29, 0.717) is 28.7 Å². The summed E-state index contributed by atoms with van der Waals surface area (Å²) >= 11 is 0. The summed E-state index contributed by atoms with van der Waals surface area (Å²) in [5, 5.41) is 17.3. The van der Waals surface area contributed by atoms with Crippen molar-refractivity contribution in [1.82, 2.24) is 10.3 Å². The molecule has 1 N–H and O–H groups in total. The van der Waals surface area contributed by atoms with Crippen molar-refractivity contribution in [3.63, 3.8) is 0 Å². The molecule has 0 fully saturated rings. The van der Waals surface area contributed by atoms with Crippen molar-refractivity contribution in [2.45, 2.75) is 26.9 Å². The second kappa shape index (κ2) is 8.47. The van der Waals surface area contributed by atoms with Crippen molar-refractivity contribution >= 4 is 5.97 Å². The van der Waals surface area contributed by atoms with E-state index < -0.39 is 11.4 Å². The Bertz CT molecular complexity index is 1160. The second-order valence-electron chi connectivity index (χ2n) is 7.91. The normalized spacial score (nSPS) is 11.4. The molecule has 7 heteroatoms. The first-order valence-electron chi connectivity index (χ1n) is 9.84. The van der Waals surface area contributed by atoms with Crippen LogP contribution in [0.3, 0.4) is 0 Å². The van der Waals surface area contributed by atoms with Crippen LogP contribution in [0.15, 0.2) is 75.8 Å². The second-order valence-corrected chi connectivity index (χ2v) is 7.91. The van der Waals surface area contributed by atoms with Crippen LogP contribution in [-0.2, 0) is 17.8 Å². The lowest BCUT2D eigenvalue weighted by Gasteiger charge is -2.16. The third-order valence-electron chi connectivity index (χ3n) is 4.90. The molecule has 31 heavy (non-hydrogen) atoms. The number of nitrogens with zero attached hydrogens (tertiary/aromatic N) is 2. The van der Waals surface area contributed by atoms with Crippen molar-refractivity contribution in [2.24, 2.45) is 5.41 Å². The van der Waals surface area contributed by atoms with Gasteiger partial charge >= 0.3 is 5.97 Å². The number of aromatic nitrogens is 2. The van der Waals surface area contributed by atoms with E-state index in [9.17, 15) is 9.90 Å². The van der Waals surface area contributed by atoms with Gasteiger partial charge in [-0.1, -0.05) is 40.6 Å². The summed E-state index contributed by atoms with van der Waals surface area (Å²) in [5.74, 6) is 1.08. The van der Waals surface area contributed by atoms with Gasteiger partial charge in [0.2, 0.25) is 0 Å². The van der Waals surface area contributed by atoms with Crippen LogP contribution in [0, 0.1) is 5.41 Å². The fourth-order valence-electron chi connectivity index (χ4n) is 3.05. The molecule has 158 valence electrons. The van der Waals surface area contributed by atoms with Gasteiger partial charge in [0.05, 0.1) is 11.1 Å². The molecule has 2 aromatic heterocycles.